The van der Waals surface area contributed by atoms with Crippen LogP contribution in [-0.2, 0) is 6.42 Å². The van der Waals surface area contributed by atoms with Crippen LogP contribution in [0.4, 0.5) is 17.6 Å². The van der Waals surface area contributed by atoms with Crippen LogP contribution in [0.15, 0.2) is 48.5 Å². The molecule has 2 rings (SSSR count). The molecule has 0 atom stereocenters. The van der Waals surface area contributed by atoms with Crippen molar-refractivity contribution in [2.75, 3.05) is 0 Å². The van der Waals surface area contributed by atoms with E-state index in [1.165, 1.54) is 17.7 Å². The van der Waals surface area contributed by atoms with Crippen molar-refractivity contribution in [3.8, 4) is 11.1 Å². The van der Waals surface area contributed by atoms with Gasteiger partial charge in [0.05, 0.1) is 0 Å². The van der Waals surface area contributed by atoms with Crippen LogP contribution in [0.5, 0.6) is 0 Å². The highest BCUT2D eigenvalue weighted by atomic mass is 19.4. The van der Waals surface area contributed by atoms with Crippen molar-refractivity contribution in [1.82, 2.24) is 0 Å². The molecule has 4 heteroatoms. The monoisotopic (exact) mass is 322 g/mol. The molecule has 0 spiro atoms. The van der Waals surface area contributed by atoms with E-state index in [1.54, 1.807) is 6.07 Å². The van der Waals surface area contributed by atoms with Crippen LogP contribution in [0.3, 0.4) is 0 Å². The molecular weight excluding hydrogens is 304 g/mol. The molecule has 0 fully saturated rings. The van der Waals surface area contributed by atoms with Crippen molar-refractivity contribution in [1.29, 1.82) is 0 Å². The van der Waals surface area contributed by atoms with Gasteiger partial charge in [0.15, 0.2) is 0 Å². The summed E-state index contributed by atoms with van der Waals surface area (Å²) in [6.07, 6.45) is -0.416. The average Bonchev–Trinajstić information content (AvgIpc) is 2.51. The van der Waals surface area contributed by atoms with Crippen LogP contribution in [0, 0.1) is 5.82 Å². The molecule has 0 aliphatic heterocycles. The molecular formula is C19H18F4. The maximum atomic E-state index is 13.9. The molecule has 0 aliphatic carbocycles. The molecule has 0 nitrogen and oxygen atoms in total. The predicted octanol–water partition coefficient (Wildman–Crippen LogP) is 6.41. The molecule has 0 heterocycles. The number of halogens is 4. The Morgan fingerprint density at radius 2 is 1.61 bits per heavy atom. The molecule has 0 amide bonds. The molecule has 2 aromatic rings. The SMILES string of the molecule is CCCCc1ccc(-c2ccc(/C=C/C(F)(F)F)c(F)c2)cc1. The minimum absolute atomic E-state index is 0.0353. The third-order valence-corrected chi connectivity index (χ3v) is 3.56. The Hall–Kier alpha value is -2.10. The van der Waals surface area contributed by atoms with Crippen LogP contribution in [0.1, 0.15) is 30.9 Å². The fourth-order valence-electron chi connectivity index (χ4n) is 2.27. The molecule has 23 heavy (non-hydrogen) atoms. The number of alkyl halides is 3. The van der Waals surface area contributed by atoms with Crippen LogP contribution in [0.25, 0.3) is 17.2 Å². The first-order chi connectivity index (χ1) is 10.9. The van der Waals surface area contributed by atoms with Crippen LogP contribution < -0.4 is 0 Å². The van der Waals surface area contributed by atoms with E-state index in [9.17, 15) is 17.6 Å². The molecule has 122 valence electrons. The Morgan fingerprint density at radius 1 is 0.957 bits per heavy atom. The van der Waals surface area contributed by atoms with E-state index in [1.807, 2.05) is 24.3 Å². The highest BCUT2D eigenvalue weighted by molar-refractivity contribution is 5.66. The van der Waals surface area contributed by atoms with Gasteiger partial charge in [-0.3, -0.25) is 0 Å². The lowest BCUT2D eigenvalue weighted by molar-refractivity contribution is -0.0790. The number of aryl methyl sites for hydroxylation is 1. The van der Waals surface area contributed by atoms with E-state index < -0.39 is 12.0 Å². The molecule has 0 saturated heterocycles. The van der Waals surface area contributed by atoms with E-state index in [0.29, 0.717) is 5.56 Å². The molecule has 0 bridgehead atoms. The van der Waals surface area contributed by atoms with E-state index >= 15 is 0 Å². The van der Waals surface area contributed by atoms with Gasteiger partial charge in [-0.25, -0.2) is 4.39 Å². The van der Waals surface area contributed by atoms with E-state index in [-0.39, 0.29) is 11.6 Å². The molecule has 0 unspecified atom stereocenters. The van der Waals surface area contributed by atoms with Gasteiger partial charge in [0.2, 0.25) is 0 Å². The van der Waals surface area contributed by atoms with Gasteiger partial charge in [0, 0.05) is 11.6 Å². The lowest BCUT2D eigenvalue weighted by Crippen LogP contribution is -2.00. The van der Waals surface area contributed by atoms with E-state index in [2.05, 4.69) is 6.92 Å². The largest absolute Gasteiger partial charge is 0.409 e. The van der Waals surface area contributed by atoms with Gasteiger partial charge >= 0.3 is 6.18 Å². The molecule has 0 radical (unpaired) electrons. The summed E-state index contributed by atoms with van der Waals surface area (Å²) in [5, 5.41) is 0. The summed E-state index contributed by atoms with van der Waals surface area (Å²) in [7, 11) is 0. The zero-order valence-electron chi connectivity index (χ0n) is 12.8. The standard InChI is InChI=1S/C19H18F4/c1-2-3-4-14-5-7-15(8-6-14)17-10-9-16(18(20)13-17)11-12-19(21,22)23/h5-13H,2-4H2,1H3/b12-11+. The first-order valence-corrected chi connectivity index (χ1v) is 7.54. The third-order valence-electron chi connectivity index (χ3n) is 3.56. The van der Waals surface area contributed by atoms with Gasteiger partial charge in [-0.05, 0) is 41.7 Å². The molecule has 0 saturated carbocycles. The van der Waals surface area contributed by atoms with Crippen LogP contribution in [-0.4, -0.2) is 6.18 Å². The normalized spacial score (nSPS) is 12.0. The smallest absolute Gasteiger partial charge is 0.206 e. The number of hydrogen-bond acceptors (Lipinski definition) is 0. The van der Waals surface area contributed by atoms with Crippen molar-refractivity contribution < 1.29 is 17.6 Å². The summed E-state index contributed by atoms with van der Waals surface area (Å²) >= 11 is 0. The van der Waals surface area contributed by atoms with Crippen molar-refractivity contribution in [3.63, 3.8) is 0 Å². The van der Waals surface area contributed by atoms with Crippen molar-refractivity contribution in [2.24, 2.45) is 0 Å². The maximum absolute atomic E-state index is 13.9. The van der Waals surface area contributed by atoms with Gasteiger partial charge in [-0.1, -0.05) is 49.7 Å². The lowest BCUT2D eigenvalue weighted by atomic mass is 10.0. The summed E-state index contributed by atoms with van der Waals surface area (Å²) in [5.41, 5.74) is 2.63. The van der Waals surface area contributed by atoms with Gasteiger partial charge in [-0.15, -0.1) is 0 Å². The lowest BCUT2D eigenvalue weighted by Gasteiger charge is -2.06. The average molecular weight is 322 g/mol. The Morgan fingerprint density at radius 3 is 2.17 bits per heavy atom. The minimum Gasteiger partial charge on any atom is -0.206 e. The molecule has 0 N–H and O–H groups in total. The van der Waals surface area contributed by atoms with E-state index in [4.69, 9.17) is 0 Å². The highest BCUT2D eigenvalue weighted by Crippen LogP contribution is 2.25. The first kappa shape index (κ1) is 17.3. The van der Waals surface area contributed by atoms with Gasteiger partial charge < -0.3 is 0 Å². The fraction of sp³-hybridized carbons (Fsp3) is 0.263. The van der Waals surface area contributed by atoms with Gasteiger partial charge in [0.25, 0.3) is 0 Å². The van der Waals surface area contributed by atoms with Crippen LogP contribution >= 0.6 is 0 Å². The Labute approximate surface area is 133 Å². The number of hydrogen-bond donors (Lipinski definition) is 0. The summed E-state index contributed by atoms with van der Waals surface area (Å²) in [6.45, 7) is 2.13. The molecule has 2 aromatic carbocycles. The minimum atomic E-state index is -4.45. The number of benzene rings is 2. The zero-order valence-corrected chi connectivity index (χ0v) is 12.8. The quantitative estimate of drug-likeness (QED) is 0.558. The molecule has 0 aromatic heterocycles. The summed E-state index contributed by atoms with van der Waals surface area (Å²) in [4.78, 5) is 0. The fourth-order valence-corrected chi connectivity index (χ4v) is 2.27. The van der Waals surface area contributed by atoms with Crippen molar-refractivity contribution in [3.05, 3.63) is 65.5 Å². The Kier molecular flexibility index (Phi) is 5.59. The highest BCUT2D eigenvalue weighted by Gasteiger charge is 2.22. The summed E-state index contributed by atoms with van der Waals surface area (Å²) in [6, 6.07) is 12.1. The van der Waals surface area contributed by atoms with Gasteiger partial charge in [0.1, 0.15) is 5.82 Å². The molecule has 0 aliphatic rings. The second kappa shape index (κ2) is 7.44. The Balaban J connectivity index is 2.18. The Bertz CT molecular complexity index is 667. The maximum Gasteiger partial charge on any atom is 0.409 e. The van der Waals surface area contributed by atoms with Crippen molar-refractivity contribution >= 4 is 6.08 Å². The number of unbranched alkanes of at least 4 members (excludes halogenated alkanes) is 1. The van der Waals surface area contributed by atoms with Gasteiger partial charge in [-0.2, -0.15) is 13.2 Å². The number of allylic oxidation sites excluding steroid dienone is 1. The topological polar surface area (TPSA) is 0 Å². The van der Waals surface area contributed by atoms with Crippen LogP contribution in [0.2, 0.25) is 0 Å². The predicted molar refractivity (Wildman–Crippen MR) is 85.5 cm³/mol. The van der Waals surface area contributed by atoms with Crippen molar-refractivity contribution in [2.45, 2.75) is 32.4 Å². The summed E-state index contributed by atoms with van der Waals surface area (Å²) < 4.78 is 50.3. The van der Waals surface area contributed by atoms with E-state index in [0.717, 1.165) is 30.9 Å². The zero-order chi connectivity index (χ0) is 16.9. The third kappa shape index (κ3) is 5.23. The summed E-state index contributed by atoms with van der Waals surface area (Å²) in [5.74, 6) is -0.668. The second-order valence-electron chi connectivity index (χ2n) is 5.41. The second-order valence-corrected chi connectivity index (χ2v) is 5.41. The first-order valence-electron chi connectivity index (χ1n) is 7.54. The number of rotatable bonds is 5.